The van der Waals surface area contributed by atoms with E-state index in [4.69, 9.17) is 0 Å². The van der Waals surface area contributed by atoms with E-state index in [2.05, 4.69) is 196 Å². The van der Waals surface area contributed by atoms with Gasteiger partial charge in [0.15, 0.2) is 0 Å². The third-order valence-corrected chi connectivity index (χ3v) is 12.4. The van der Waals surface area contributed by atoms with Crippen LogP contribution in [0.25, 0.3) is 53.6 Å². The molecule has 0 radical (unpaired) electrons. The summed E-state index contributed by atoms with van der Waals surface area (Å²) in [7, 11) is 0. The topological polar surface area (TPSA) is 3.24 Å². The lowest BCUT2D eigenvalue weighted by Crippen LogP contribution is -2.26. The van der Waals surface area contributed by atoms with Crippen LogP contribution in [-0.2, 0) is 5.41 Å². The van der Waals surface area contributed by atoms with Crippen LogP contribution in [0.4, 0.5) is 11.4 Å². The molecule has 0 amide bonds. The van der Waals surface area contributed by atoms with E-state index in [1.54, 1.807) is 0 Å². The number of nitrogens with zero attached hydrogens (tertiary/aromatic N) is 1. The zero-order chi connectivity index (χ0) is 35.4. The normalized spacial score (nSPS) is 17.3. The predicted molar refractivity (Wildman–Crippen MR) is 226 cm³/mol. The number of anilines is 2. The van der Waals surface area contributed by atoms with E-state index in [1.807, 2.05) is 17.4 Å². The molecule has 1 heterocycles. The van der Waals surface area contributed by atoms with Crippen LogP contribution in [0.15, 0.2) is 182 Å². The van der Waals surface area contributed by atoms with Crippen molar-refractivity contribution in [2.75, 3.05) is 4.90 Å². The molecule has 0 saturated heterocycles. The smallest absolute Gasteiger partial charge is 0.0464 e. The van der Waals surface area contributed by atoms with Crippen molar-refractivity contribution in [3.8, 4) is 33.4 Å². The predicted octanol–water partition coefficient (Wildman–Crippen LogP) is 14.3. The summed E-state index contributed by atoms with van der Waals surface area (Å²) in [6.07, 6.45) is 13.0. The Hall–Kier alpha value is -5.70. The Kier molecular flexibility index (Phi) is 7.94. The van der Waals surface area contributed by atoms with Gasteiger partial charge in [-0.15, -0.1) is 11.3 Å². The maximum Gasteiger partial charge on any atom is 0.0464 e. The molecular weight excluding hydrogens is 647 g/mol. The minimum atomic E-state index is -0.0293. The fourth-order valence-corrected chi connectivity index (χ4v) is 9.46. The second-order valence-corrected chi connectivity index (χ2v) is 15.7. The van der Waals surface area contributed by atoms with Crippen LogP contribution >= 0.6 is 11.3 Å². The second-order valence-electron chi connectivity index (χ2n) is 14.6. The molecule has 1 nitrogen and oxygen atoms in total. The summed E-state index contributed by atoms with van der Waals surface area (Å²) < 4.78 is 2.66. The molecule has 2 aliphatic carbocycles. The fourth-order valence-electron chi connectivity index (χ4n) is 8.38. The number of benzene rings is 6. The number of hydrogen-bond donors (Lipinski definition) is 0. The Balaban J connectivity index is 1.11. The first-order valence-electron chi connectivity index (χ1n) is 18.2. The lowest BCUT2D eigenvalue weighted by molar-refractivity contribution is 0.561. The highest BCUT2D eigenvalue weighted by Gasteiger charge is 2.35. The zero-order valence-electron chi connectivity index (χ0n) is 29.9. The number of rotatable bonds is 7. The van der Waals surface area contributed by atoms with Crippen molar-refractivity contribution in [1.29, 1.82) is 0 Å². The highest BCUT2D eigenvalue weighted by atomic mass is 32.1. The van der Waals surface area contributed by atoms with E-state index in [0.29, 0.717) is 0 Å². The second kappa shape index (κ2) is 12.8. The highest BCUT2D eigenvalue weighted by molar-refractivity contribution is 7.25. The molecule has 7 aromatic rings. The monoisotopic (exact) mass is 687 g/mol. The molecule has 252 valence electrons. The third kappa shape index (κ3) is 5.38. The van der Waals surface area contributed by atoms with E-state index in [-0.39, 0.29) is 17.3 Å². The first-order valence-corrected chi connectivity index (χ1v) is 19.1. The van der Waals surface area contributed by atoms with Gasteiger partial charge in [-0.25, -0.2) is 0 Å². The summed E-state index contributed by atoms with van der Waals surface area (Å²) >= 11 is 1.86. The molecule has 2 atom stereocenters. The minimum Gasteiger partial charge on any atom is -0.314 e. The van der Waals surface area contributed by atoms with Crippen molar-refractivity contribution in [3.05, 3.63) is 193 Å². The molecule has 0 bridgehead atoms. The summed E-state index contributed by atoms with van der Waals surface area (Å²) in [4.78, 5) is 2.46. The molecule has 0 spiro atoms. The molecule has 52 heavy (non-hydrogen) atoms. The average Bonchev–Trinajstić information content (AvgIpc) is 3.67. The molecular formula is C50H41NS. The van der Waals surface area contributed by atoms with Crippen molar-refractivity contribution in [2.24, 2.45) is 11.8 Å². The van der Waals surface area contributed by atoms with Gasteiger partial charge in [-0.05, 0) is 99.1 Å². The van der Waals surface area contributed by atoms with Gasteiger partial charge in [0.2, 0.25) is 0 Å². The van der Waals surface area contributed by atoms with Gasteiger partial charge >= 0.3 is 0 Å². The molecule has 0 fully saturated rings. The maximum absolute atomic E-state index is 3.93. The number of allylic oxidation sites excluding steroid dienone is 7. The molecule has 1 aromatic heterocycles. The molecule has 0 saturated carbocycles. The van der Waals surface area contributed by atoms with Crippen molar-refractivity contribution >= 4 is 42.9 Å². The summed E-state index contributed by atoms with van der Waals surface area (Å²) in [5, 5.41) is 2.64. The summed E-state index contributed by atoms with van der Waals surface area (Å²) in [6.45, 7) is 11.0. The largest absolute Gasteiger partial charge is 0.314 e. The van der Waals surface area contributed by atoms with Crippen molar-refractivity contribution in [3.63, 3.8) is 0 Å². The maximum atomic E-state index is 3.93. The Morgan fingerprint density at radius 3 is 2.21 bits per heavy atom. The van der Waals surface area contributed by atoms with Gasteiger partial charge in [0, 0.05) is 54.5 Å². The van der Waals surface area contributed by atoms with Crippen LogP contribution in [0.2, 0.25) is 0 Å². The van der Waals surface area contributed by atoms with Gasteiger partial charge in [0.05, 0.1) is 0 Å². The molecule has 2 aliphatic rings. The number of thiophene rings is 1. The zero-order valence-corrected chi connectivity index (χ0v) is 30.7. The van der Waals surface area contributed by atoms with Gasteiger partial charge < -0.3 is 4.90 Å². The number of hydrogen-bond acceptors (Lipinski definition) is 2. The SMILES string of the molecule is C=C/C=C\C1C=CC=C(N(c2ccc(-c3ccc4c(c3)C(C)(C)c3ccccc3-4)cc2)c2cccc(-c3ccc4sc5ccccc5c4c3)c2)[C@H]1C. The molecule has 0 aliphatic heterocycles. The molecule has 2 heteroatoms. The number of fused-ring (bicyclic) bond motifs is 6. The minimum absolute atomic E-state index is 0.0293. The van der Waals surface area contributed by atoms with Crippen molar-refractivity contribution in [1.82, 2.24) is 0 Å². The summed E-state index contributed by atoms with van der Waals surface area (Å²) in [5.41, 5.74) is 14.0. The lowest BCUT2D eigenvalue weighted by atomic mass is 9.81. The van der Waals surface area contributed by atoms with E-state index in [9.17, 15) is 0 Å². The van der Waals surface area contributed by atoms with Crippen LogP contribution in [0.3, 0.4) is 0 Å². The van der Waals surface area contributed by atoms with E-state index in [0.717, 1.165) is 11.4 Å². The quantitative estimate of drug-likeness (QED) is 0.151. The molecule has 1 unspecified atom stereocenters. The van der Waals surface area contributed by atoms with Gasteiger partial charge in [0.25, 0.3) is 0 Å². The fraction of sp³-hybridized carbons (Fsp3) is 0.120. The highest BCUT2D eigenvalue weighted by Crippen LogP contribution is 2.50. The van der Waals surface area contributed by atoms with Crippen LogP contribution < -0.4 is 4.90 Å². The van der Waals surface area contributed by atoms with Gasteiger partial charge in [-0.2, -0.15) is 0 Å². The lowest BCUT2D eigenvalue weighted by Gasteiger charge is -2.35. The van der Waals surface area contributed by atoms with Crippen molar-refractivity contribution in [2.45, 2.75) is 26.2 Å². The van der Waals surface area contributed by atoms with Crippen LogP contribution in [-0.4, -0.2) is 0 Å². The van der Waals surface area contributed by atoms with Crippen molar-refractivity contribution < 1.29 is 0 Å². The van der Waals surface area contributed by atoms with Crippen LogP contribution in [0.1, 0.15) is 31.9 Å². The van der Waals surface area contributed by atoms with E-state index in [1.165, 1.54) is 70.4 Å². The van der Waals surface area contributed by atoms with Crippen LogP contribution in [0, 0.1) is 11.8 Å². The van der Waals surface area contributed by atoms with Gasteiger partial charge in [-0.3, -0.25) is 0 Å². The Bertz CT molecular complexity index is 2590. The molecule has 9 rings (SSSR count). The Morgan fingerprint density at radius 2 is 1.35 bits per heavy atom. The van der Waals surface area contributed by atoms with Gasteiger partial charge in [0.1, 0.15) is 0 Å². The first kappa shape index (κ1) is 32.2. The summed E-state index contributed by atoms with van der Waals surface area (Å²) in [6, 6.07) is 49.7. The van der Waals surface area contributed by atoms with Gasteiger partial charge in [-0.1, -0.05) is 143 Å². The molecule has 0 N–H and O–H groups in total. The average molecular weight is 688 g/mol. The van der Waals surface area contributed by atoms with E-state index >= 15 is 0 Å². The Morgan fingerprint density at radius 1 is 0.635 bits per heavy atom. The summed E-state index contributed by atoms with van der Waals surface area (Å²) in [5.74, 6) is 0.537. The first-order chi connectivity index (χ1) is 25.4. The third-order valence-electron chi connectivity index (χ3n) is 11.2. The van der Waals surface area contributed by atoms with E-state index < -0.39 is 0 Å². The Labute approximate surface area is 311 Å². The molecule has 6 aromatic carbocycles. The van der Waals surface area contributed by atoms with Crippen LogP contribution in [0.5, 0.6) is 0 Å². The standard InChI is InChI=1S/C50H41NS/c1-5-6-13-34-14-12-20-47(33(34)2)51(40-16-11-15-36(30-40)37-25-29-49-44(31-37)43-18-8-10-21-48(43)52-49)39-26-22-35(23-27-39)38-24-28-42-41-17-7-9-19-45(41)50(3,4)46(42)32-38/h5-34H,1H2,2-4H3/b13-6-/t33-,34?/m0/s1.